The van der Waals surface area contributed by atoms with E-state index in [0.29, 0.717) is 6.61 Å². The molecule has 3 nitrogen and oxygen atoms in total. The smallest absolute Gasteiger partial charge is 0.118 e. The Morgan fingerprint density at radius 2 is 2.11 bits per heavy atom. The largest absolute Gasteiger partial charge is 0.497 e. The topological polar surface area (TPSA) is 27.7 Å². The average Bonchev–Trinajstić information content (AvgIpc) is 2.49. The highest BCUT2D eigenvalue weighted by molar-refractivity contribution is 9.09. The van der Waals surface area contributed by atoms with Gasteiger partial charge in [-0.25, -0.2) is 0 Å². The fraction of sp³-hybridized carbons (Fsp3) is 0.600. The Kier molecular flexibility index (Phi) is 6.14. The summed E-state index contributed by atoms with van der Waals surface area (Å²) in [5, 5.41) is 0.784. The van der Waals surface area contributed by atoms with E-state index in [2.05, 4.69) is 15.9 Å². The van der Waals surface area contributed by atoms with Crippen molar-refractivity contribution in [1.29, 1.82) is 0 Å². The molecule has 1 aliphatic rings. The summed E-state index contributed by atoms with van der Waals surface area (Å²) >= 11 is 3.52. The molecule has 1 aliphatic heterocycles. The minimum Gasteiger partial charge on any atom is -0.497 e. The molecule has 2 unspecified atom stereocenters. The quantitative estimate of drug-likeness (QED) is 0.745. The van der Waals surface area contributed by atoms with Crippen LogP contribution in [0.1, 0.15) is 30.9 Å². The zero-order valence-corrected chi connectivity index (χ0v) is 12.9. The van der Waals surface area contributed by atoms with E-state index in [0.717, 1.165) is 29.7 Å². The van der Waals surface area contributed by atoms with Gasteiger partial charge < -0.3 is 14.2 Å². The lowest BCUT2D eigenvalue weighted by Gasteiger charge is -2.25. The molecule has 0 spiro atoms. The molecular formula is C15H21BrO3. The highest BCUT2D eigenvalue weighted by atomic mass is 79.9. The van der Waals surface area contributed by atoms with Gasteiger partial charge in [0.1, 0.15) is 5.75 Å². The van der Waals surface area contributed by atoms with E-state index in [9.17, 15) is 0 Å². The zero-order valence-electron chi connectivity index (χ0n) is 11.3. The van der Waals surface area contributed by atoms with Crippen molar-refractivity contribution in [3.05, 3.63) is 29.8 Å². The molecule has 1 heterocycles. The van der Waals surface area contributed by atoms with Crippen LogP contribution in [-0.2, 0) is 9.47 Å². The molecule has 106 valence electrons. The van der Waals surface area contributed by atoms with Gasteiger partial charge in [0.15, 0.2) is 0 Å². The predicted octanol–water partition coefficient (Wildman–Crippen LogP) is 3.72. The fourth-order valence-electron chi connectivity index (χ4n) is 2.21. The molecule has 0 aromatic heterocycles. The van der Waals surface area contributed by atoms with Crippen LogP contribution in [0.15, 0.2) is 24.3 Å². The van der Waals surface area contributed by atoms with E-state index in [1.165, 1.54) is 12.8 Å². The summed E-state index contributed by atoms with van der Waals surface area (Å²) in [6, 6.07) is 8.02. The van der Waals surface area contributed by atoms with E-state index in [1.54, 1.807) is 7.11 Å². The first-order valence-electron chi connectivity index (χ1n) is 6.76. The van der Waals surface area contributed by atoms with Gasteiger partial charge in [0, 0.05) is 11.9 Å². The van der Waals surface area contributed by atoms with Crippen LogP contribution in [0.5, 0.6) is 5.75 Å². The van der Waals surface area contributed by atoms with Gasteiger partial charge in [-0.15, -0.1) is 0 Å². The number of ether oxygens (including phenoxy) is 3. The van der Waals surface area contributed by atoms with Crippen LogP contribution >= 0.6 is 15.9 Å². The van der Waals surface area contributed by atoms with Crippen LogP contribution in [0.2, 0.25) is 0 Å². The molecule has 4 heteroatoms. The van der Waals surface area contributed by atoms with Gasteiger partial charge in [-0.2, -0.15) is 0 Å². The molecule has 1 saturated heterocycles. The first kappa shape index (κ1) is 14.8. The third kappa shape index (κ3) is 4.48. The fourth-order valence-corrected chi connectivity index (χ4v) is 2.77. The minimum atomic E-state index is 0.0661. The van der Waals surface area contributed by atoms with Crippen molar-refractivity contribution < 1.29 is 14.2 Å². The van der Waals surface area contributed by atoms with E-state index >= 15 is 0 Å². The molecule has 2 atom stereocenters. The maximum absolute atomic E-state index is 5.98. The molecular weight excluding hydrogens is 308 g/mol. The predicted molar refractivity (Wildman–Crippen MR) is 79.1 cm³/mol. The Balaban J connectivity index is 1.87. The SMILES string of the molecule is COc1ccc(C(CBr)OCC2CCCCO2)cc1. The number of rotatable bonds is 6. The Morgan fingerprint density at radius 3 is 2.68 bits per heavy atom. The summed E-state index contributed by atoms with van der Waals surface area (Å²) in [6.07, 6.45) is 3.86. The van der Waals surface area contributed by atoms with Gasteiger partial charge in [-0.1, -0.05) is 28.1 Å². The van der Waals surface area contributed by atoms with E-state index in [1.807, 2.05) is 24.3 Å². The van der Waals surface area contributed by atoms with E-state index < -0.39 is 0 Å². The second-order valence-corrected chi connectivity index (χ2v) is 5.39. The Morgan fingerprint density at radius 1 is 1.32 bits per heavy atom. The summed E-state index contributed by atoms with van der Waals surface area (Å²) in [5.41, 5.74) is 1.16. The van der Waals surface area contributed by atoms with Crippen LogP contribution in [-0.4, -0.2) is 31.8 Å². The monoisotopic (exact) mass is 328 g/mol. The third-order valence-electron chi connectivity index (χ3n) is 3.39. The van der Waals surface area contributed by atoms with Gasteiger partial charge in [-0.05, 0) is 37.0 Å². The van der Waals surface area contributed by atoms with E-state index in [4.69, 9.17) is 14.2 Å². The van der Waals surface area contributed by atoms with E-state index in [-0.39, 0.29) is 12.2 Å². The Bertz CT molecular complexity index is 360. The number of methoxy groups -OCH3 is 1. The number of alkyl halides is 1. The van der Waals surface area contributed by atoms with Crippen molar-refractivity contribution in [2.75, 3.05) is 25.7 Å². The summed E-state index contributed by atoms with van der Waals surface area (Å²) in [4.78, 5) is 0. The van der Waals surface area contributed by atoms with Crippen LogP contribution < -0.4 is 4.74 Å². The first-order valence-corrected chi connectivity index (χ1v) is 7.88. The van der Waals surface area contributed by atoms with Gasteiger partial charge in [0.25, 0.3) is 0 Å². The first-order chi connectivity index (χ1) is 9.33. The second-order valence-electron chi connectivity index (χ2n) is 4.74. The highest BCUT2D eigenvalue weighted by Crippen LogP contribution is 2.24. The second kappa shape index (κ2) is 7.88. The van der Waals surface area contributed by atoms with Crippen molar-refractivity contribution in [3.63, 3.8) is 0 Å². The van der Waals surface area contributed by atoms with Crippen LogP contribution in [0.25, 0.3) is 0 Å². The van der Waals surface area contributed by atoms with Crippen LogP contribution in [0.3, 0.4) is 0 Å². The molecule has 0 aliphatic carbocycles. The lowest BCUT2D eigenvalue weighted by molar-refractivity contribution is -0.0585. The lowest BCUT2D eigenvalue weighted by Crippen LogP contribution is -2.25. The zero-order chi connectivity index (χ0) is 13.5. The normalized spacial score (nSPS) is 21.1. The molecule has 1 aromatic carbocycles. The van der Waals surface area contributed by atoms with Crippen LogP contribution in [0.4, 0.5) is 0 Å². The van der Waals surface area contributed by atoms with Crippen molar-refractivity contribution in [2.45, 2.75) is 31.5 Å². The third-order valence-corrected chi connectivity index (χ3v) is 3.97. The summed E-state index contributed by atoms with van der Waals surface area (Å²) in [6.45, 7) is 1.54. The molecule has 1 fully saturated rings. The Hall–Kier alpha value is -0.580. The molecule has 0 amide bonds. The number of hydrogen-bond acceptors (Lipinski definition) is 3. The molecule has 0 N–H and O–H groups in total. The number of benzene rings is 1. The highest BCUT2D eigenvalue weighted by Gasteiger charge is 2.17. The van der Waals surface area contributed by atoms with Gasteiger partial charge in [0.05, 0.1) is 25.9 Å². The molecule has 1 aromatic rings. The molecule has 19 heavy (non-hydrogen) atoms. The summed E-state index contributed by atoms with van der Waals surface area (Å²) < 4.78 is 16.8. The molecule has 0 radical (unpaired) electrons. The standard InChI is InChI=1S/C15H21BrO3/c1-17-13-7-5-12(6-8-13)15(10-16)19-11-14-4-2-3-9-18-14/h5-8,14-15H,2-4,9-11H2,1H3. The summed E-state index contributed by atoms with van der Waals surface area (Å²) in [7, 11) is 1.67. The lowest BCUT2D eigenvalue weighted by atomic mass is 10.1. The number of hydrogen-bond donors (Lipinski definition) is 0. The van der Waals surface area contributed by atoms with Crippen molar-refractivity contribution in [2.24, 2.45) is 0 Å². The molecule has 0 saturated carbocycles. The Labute approximate surface area is 123 Å². The molecule has 2 rings (SSSR count). The minimum absolute atomic E-state index is 0.0661. The molecule has 0 bridgehead atoms. The summed E-state index contributed by atoms with van der Waals surface area (Å²) in [5.74, 6) is 0.868. The van der Waals surface area contributed by atoms with Gasteiger partial charge in [0.2, 0.25) is 0 Å². The average molecular weight is 329 g/mol. The van der Waals surface area contributed by atoms with Crippen molar-refractivity contribution >= 4 is 15.9 Å². The maximum Gasteiger partial charge on any atom is 0.118 e. The number of halogens is 1. The van der Waals surface area contributed by atoms with Crippen molar-refractivity contribution in [3.8, 4) is 5.75 Å². The van der Waals surface area contributed by atoms with Gasteiger partial charge in [-0.3, -0.25) is 0 Å². The van der Waals surface area contributed by atoms with Gasteiger partial charge >= 0.3 is 0 Å². The van der Waals surface area contributed by atoms with Crippen molar-refractivity contribution in [1.82, 2.24) is 0 Å². The van der Waals surface area contributed by atoms with Crippen LogP contribution in [0, 0.1) is 0 Å². The maximum atomic E-state index is 5.98.